The van der Waals surface area contributed by atoms with Crippen molar-refractivity contribution in [3.05, 3.63) is 30.1 Å². The van der Waals surface area contributed by atoms with E-state index in [2.05, 4.69) is 10.3 Å². The van der Waals surface area contributed by atoms with Gasteiger partial charge in [-0.2, -0.15) is 0 Å². The highest BCUT2D eigenvalue weighted by Gasteiger charge is 2.09. The molecule has 1 rings (SSSR count). The predicted octanol–water partition coefficient (Wildman–Crippen LogP) is 0.205. The Balaban J connectivity index is 2.29. The molecule has 104 valence electrons. The Morgan fingerprint density at radius 1 is 1.32 bits per heavy atom. The fraction of sp³-hybridized carbons (Fsp3) is 0.417. The highest BCUT2D eigenvalue weighted by Crippen LogP contribution is 2.03. The van der Waals surface area contributed by atoms with Gasteiger partial charge in [0.1, 0.15) is 9.84 Å². The second kappa shape index (κ2) is 6.98. The van der Waals surface area contributed by atoms with Crippen LogP contribution in [-0.2, 0) is 14.6 Å². The van der Waals surface area contributed by atoms with Crippen molar-refractivity contribution < 1.29 is 18.0 Å². The van der Waals surface area contributed by atoms with Crippen molar-refractivity contribution in [3.8, 4) is 0 Å². The zero-order valence-corrected chi connectivity index (χ0v) is 11.4. The summed E-state index contributed by atoms with van der Waals surface area (Å²) in [4.78, 5) is 26.9. The van der Waals surface area contributed by atoms with Gasteiger partial charge in [0.2, 0.25) is 5.91 Å². The van der Waals surface area contributed by atoms with Crippen LogP contribution in [0.4, 0.5) is 0 Å². The summed E-state index contributed by atoms with van der Waals surface area (Å²) in [5.74, 6) is -0.595. The molecule has 19 heavy (non-hydrogen) atoms. The highest BCUT2D eigenvalue weighted by atomic mass is 32.2. The van der Waals surface area contributed by atoms with E-state index in [1.807, 2.05) is 0 Å². The summed E-state index contributed by atoms with van der Waals surface area (Å²) in [6.45, 7) is 0.0682. The molecule has 0 unspecified atom stereocenters. The summed E-state index contributed by atoms with van der Waals surface area (Å²) >= 11 is 0. The Morgan fingerprint density at radius 2 is 2.05 bits per heavy atom. The van der Waals surface area contributed by atoms with Crippen LogP contribution in [0, 0.1) is 0 Å². The largest absolute Gasteiger partial charge is 0.355 e. The standard InChI is InChI=1S/C12H16N2O4S/c1-19(17,18)8-7-14-12(16)5-4-11(15)10-3-2-6-13-9-10/h2-3,6,9H,4-5,7-8H2,1H3,(H,14,16). The van der Waals surface area contributed by atoms with E-state index in [-0.39, 0.29) is 36.8 Å². The van der Waals surface area contributed by atoms with E-state index in [1.165, 1.54) is 6.20 Å². The van der Waals surface area contributed by atoms with Crippen LogP contribution >= 0.6 is 0 Å². The summed E-state index contributed by atoms with van der Waals surface area (Å²) < 4.78 is 21.7. The van der Waals surface area contributed by atoms with Gasteiger partial charge >= 0.3 is 0 Å². The molecule has 1 amide bonds. The molecule has 0 saturated heterocycles. The van der Waals surface area contributed by atoms with Crippen LogP contribution < -0.4 is 5.32 Å². The average molecular weight is 284 g/mol. The molecular formula is C12H16N2O4S. The number of rotatable bonds is 7. The number of nitrogens with zero attached hydrogens (tertiary/aromatic N) is 1. The lowest BCUT2D eigenvalue weighted by Crippen LogP contribution is -2.29. The molecule has 7 heteroatoms. The number of amides is 1. The van der Waals surface area contributed by atoms with Gasteiger partial charge in [0, 0.05) is 43.6 Å². The number of carbonyl (C=O) groups excluding carboxylic acids is 2. The first kappa shape index (κ1) is 15.3. The van der Waals surface area contributed by atoms with Crippen LogP contribution in [0.3, 0.4) is 0 Å². The number of carbonyl (C=O) groups is 2. The third-order valence-corrected chi connectivity index (χ3v) is 3.30. The van der Waals surface area contributed by atoms with Crippen molar-refractivity contribution in [3.63, 3.8) is 0 Å². The van der Waals surface area contributed by atoms with Crippen molar-refractivity contribution in [1.82, 2.24) is 10.3 Å². The molecule has 0 aliphatic rings. The van der Waals surface area contributed by atoms with Gasteiger partial charge in [-0.15, -0.1) is 0 Å². The van der Waals surface area contributed by atoms with Crippen LogP contribution in [0.15, 0.2) is 24.5 Å². The minimum absolute atomic E-state index is 0.0392. The highest BCUT2D eigenvalue weighted by molar-refractivity contribution is 7.90. The fourth-order valence-electron chi connectivity index (χ4n) is 1.36. The van der Waals surface area contributed by atoms with Crippen LogP contribution in [0.1, 0.15) is 23.2 Å². The van der Waals surface area contributed by atoms with Crippen molar-refractivity contribution in [2.24, 2.45) is 0 Å². The Labute approximate surface area is 112 Å². The van der Waals surface area contributed by atoms with Gasteiger partial charge < -0.3 is 5.32 Å². The van der Waals surface area contributed by atoms with E-state index in [9.17, 15) is 18.0 Å². The smallest absolute Gasteiger partial charge is 0.220 e. The number of hydrogen-bond donors (Lipinski definition) is 1. The average Bonchev–Trinajstić information content (AvgIpc) is 2.35. The lowest BCUT2D eigenvalue weighted by atomic mass is 10.1. The van der Waals surface area contributed by atoms with Crippen molar-refractivity contribution in [2.75, 3.05) is 18.6 Å². The number of hydrogen-bond acceptors (Lipinski definition) is 5. The van der Waals surface area contributed by atoms with E-state index >= 15 is 0 Å². The first-order valence-electron chi connectivity index (χ1n) is 5.76. The predicted molar refractivity (Wildman–Crippen MR) is 70.5 cm³/mol. The van der Waals surface area contributed by atoms with Gasteiger partial charge in [-0.25, -0.2) is 8.42 Å². The topological polar surface area (TPSA) is 93.2 Å². The Kier molecular flexibility index (Phi) is 5.62. The molecule has 0 atom stereocenters. The molecule has 1 aromatic rings. The number of ketones is 1. The van der Waals surface area contributed by atoms with Crippen LogP contribution in [0.2, 0.25) is 0 Å². The number of aromatic nitrogens is 1. The van der Waals surface area contributed by atoms with Gasteiger partial charge in [0.05, 0.1) is 5.75 Å². The molecule has 0 fully saturated rings. The summed E-state index contributed by atoms with van der Waals surface area (Å²) in [6, 6.07) is 3.29. The van der Waals surface area contributed by atoms with E-state index in [0.29, 0.717) is 5.56 Å². The van der Waals surface area contributed by atoms with Crippen LogP contribution in [-0.4, -0.2) is 43.6 Å². The van der Waals surface area contributed by atoms with E-state index in [4.69, 9.17) is 0 Å². The molecule has 0 radical (unpaired) electrons. The molecule has 6 nitrogen and oxygen atoms in total. The molecule has 1 heterocycles. The van der Waals surface area contributed by atoms with Gasteiger partial charge in [0.15, 0.2) is 5.78 Å². The molecule has 1 N–H and O–H groups in total. The van der Waals surface area contributed by atoms with Crippen LogP contribution in [0.5, 0.6) is 0 Å². The molecular weight excluding hydrogens is 268 g/mol. The quantitative estimate of drug-likeness (QED) is 0.722. The van der Waals surface area contributed by atoms with Crippen molar-refractivity contribution in [2.45, 2.75) is 12.8 Å². The lowest BCUT2D eigenvalue weighted by molar-refractivity contribution is -0.120. The van der Waals surface area contributed by atoms with Crippen LogP contribution in [0.25, 0.3) is 0 Å². The Bertz CT molecular complexity index is 540. The second-order valence-electron chi connectivity index (χ2n) is 4.14. The van der Waals surface area contributed by atoms with Gasteiger partial charge in [0.25, 0.3) is 0 Å². The Morgan fingerprint density at radius 3 is 2.63 bits per heavy atom. The number of nitrogens with one attached hydrogen (secondary N) is 1. The molecule has 0 bridgehead atoms. The SMILES string of the molecule is CS(=O)(=O)CCNC(=O)CCC(=O)c1cccnc1. The first-order valence-corrected chi connectivity index (χ1v) is 7.82. The molecule has 0 aliphatic carbocycles. The molecule has 0 aliphatic heterocycles. The lowest BCUT2D eigenvalue weighted by Gasteiger charge is -2.04. The molecule has 0 saturated carbocycles. The maximum atomic E-state index is 11.7. The maximum Gasteiger partial charge on any atom is 0.220 e. The van der Waals surface area contributed by atoms with Crippen molar-refractivity contribution >= 4 is 21.5 Å². The maximum absolute atomic E-state index is 11.7. The summed E-state index contributed by atoms with van der Waals surface area (Å²) in [7, 11) is -3.08. The number of Topliss-reactive ketones (excluding diaryl/α,β-unsaturated/α-hetero) is 1. The number of pyridine rings is 1. The zero-order chi connectivity index (χ0) is 14.3. The van der Waals surface area contributed by atoms with E-state index < -0.39 is 9.84 Å². The van der Waals surface area contributed by atoms with Gasteiger partial charge in [-0.05, 0) is 12.1 Å². The second-order valence-corrected chi connectivity index (χ2v) is 6.40. The third kappa shape index (κ3) is 6.66. The van der Waals surface area contributed by atoms with E-state index in [1.54, 1.807) is 18.3 Å². The normalized spacial score (nSPS) is 11.0. The Hall–Kier alpha value is -1.76. The minimum atomic E-state index is -3.08. The van der Waals surface area contributed by atoms with Gasteiger partial charge in [-0.3, -0.25) is 14.6 Å². The number of sulfone groups is 1. The van der Waals surface area contributed by atoms with E-state index in [0.717, 1.165) is 6.26 Å². The summed E-state index contributed by atoms with van der Waals surface area (Å²) in [6.07, 6.45) is 4.23. The minimum Gasteiger partial charge on any atom is -0.355 e. The van der Waals surface area contributed by atoms with Gasteiger partial charge in [-0.1, -0.05) is 0 Å². The zero-order valence-electron chi connectivity index (χ0n) is 10.6. The fourth-order valence-corrected chi connectivity index (χ4v) is 1.84. The first-order chi connectivity index (χ1) is 8.88. The summed E-state index contributed by atoms with van der Waals surface area (Å²) in [5.41, 5.74) is 0.464. The monoisotopic (exact) mass is 284 g/mol. The summed E-state index contributed by atoms with van der Waals surface area (Å²) in [5, 5.41) is 2.46. The van der Waals surface area contributed by atoms with Crippen molar-refractivity contribution in [1.29, 1.82) is 0 Å². The molecule has 0 aromatic carbocycles. The molecule has 1 aromatic heterocycles. The third-order valence-electron chi connectivity index (χ3n) is 2.36. The molecule has 0 spiro atoms.